The first-order valence-electron chi connectivity index (χ1n) is 5.28. The van der Waals surface area contributed by atoms with E-state index < -0.39 is 9.84 Å². The van der Waals surface area contributed by atoms with E-state index in [1.807, 2.05) is 0 Å². The molecule has 0 aromatic carbocycles. The van der Waals surface area contributed by atoms with Crippen LogP contribution in [0.5, 0.6) is 0 Å². The highest BCUT2D eigenvalue weighted by Crippen LogP contribution is 2.36. The van der Waals surface area contributed by atoms with E-state index in [9.17, 15) is 8.42 Å². The number of nitrogens with zero attached hydrogens (tertiary/aromatic N) is 1. The summed E-state index contributed by atoms with van der Waals surface area (Å²) in [6.07, 6.45) is 2.11. The summed E-state index contributed by atoms with van der Waals surface area (Å²) in [6, 6.07) is 0.553. The number of hydrogen-bond acceptors (Lipinski definition) is 3. The molecule has 0 amide bonds. The lowest BCUT2D eigenvalue weighted by Crippen LogP contribution is -2.56. The summed E-state index contributed by atoms with van der Waals surface area (Å²) < 4.78 is 23.1. The number of rotatable bonds is 0. The molecule has 0 aromatic heterocycles. The Morgan fingerprint density at radius 3 is 1.86 bits per heavy atom. The molecule has 4 heteroatoms. The zero-order chi connectivity index (χ0) is 10.6. The van der Waals surface area contributed by atoms with Crippen molar-refractivity contribution in [2.45, 2.75) is 51.2 Å². The van der Waals surface area contributed by atoms with Crippen LogP contribution in [0.3, 0.4) is 0 Å². The molecule has 82 valence electrons. The molecule has 2 aliphatic rings. The van der Waals surface area contributed by atoms with Gasteiger partial charge in [0.1, 0.15) is 0 Å². The van der Waals surface area contributed by atoms with E-state index in [0.717, 1.165) is 12.8 Å². The van der Waals surface area contributed by atoms with Gasteiger partial charge in [0.05, 0.1) is 11.5 Å². The van der Waals surface area contributed by atoms with Crippen molar-refractivity contribution in [2.24, 2.45) is 0 Å². The number of hydrogen-bond donors (Lipinski definition) is 0. The predicted molar refractivity (Wildman–Crippen MR) is 57.1 cm³/mol. The van der Waals surface area contributed by atoms with Crippen molar-refractivity contribution in [2.75, 3.05) is 11.5 Å². The molecule has 2 aliphatic heterocycles. The van der Waals surface area contributed by atoms with E-state index in [-0.39, 0.29) is 17.6 Å². The van der Waals surface area contributed by atoms with Crippen molar-refractivity contribution in [1.29, 1.82) is 0 Å². The Balaban J connectivity index is 2.27. The summed E-state index contributed by atoms with van der Waals surface area (Å²) >= 11 is 0. The normalized spacial score (nSPS) is 37.4. The van der Waals surface area contributed by atoms with Crippen LogP contribution in [0.2, 0.25) is 0 Å². The Bertz CT molecular complexity index is 309. The molecule has 2 rings (SSSR count). The smallest absolute Gasteiger partial charge is 0.153 e. The van der Waals surface area contributed by atoms with E-state index in [4.69, 9.17) is 0 Å². The van der Waals surface area contributed by atoms with Crippen LogP contribution >= 0.6 is 0 Å². The fraction of sp³-hybridized carbons (Fsp3) is 1.00. The van der Waals surface area contributed by atoms with Crippen molar-refractivity contribution in [1.82, 2.24) is 4.90 Å². The summed E-state index contributed by atoms with van der Waals surface area (Å²) in [5, 5.41) is 0. The van der Waals surface area contributed by atoms with Gasteiger partial charge < -0.3 is 0 Å². The second kappa shape index (κ2) is 2.95. The van der Waals surface area contributed by atoms with Crippen LogP contribution in [0.25, 0.3) is 0 Å². The molecule has 0 N–H and O–H groups in total. The third kappa shape index (κ3) is 1.70. The molecule has 0 aromatic rings. The molecule has 2 heterocycles. The van der Waals surface area contributed by atoms with E-state index >= 15 is 0 Å². The Morgan fingerprint density at radius 1 is 1.07 bits per heavy atom. The minimum absolute atomic E-state index is 0.113. The first-order chi connectivity index (χ1) is 6.30. The van der Waals surface area contributed by atoms with E-state index in [1.165, 1.54) is 0 Å². The summed E-state index contributed by atoms with van der Waals surface area (Å²) in [7, 11) is -2.75. The minimum atomic E-state index is -2.75. The Morgan fingerprint density at radius 2 is 1.50 bits per heavy atom. The largest absolute Gasteiger partial charge is 0.291 e. The highest BCUT2D eigenvalue weighted by Gasteiger charge is 2.47. The van der Waals surface area contributed by atoms with Gasteiger partial charge in [-0.05, 0) is 33.6 Å². The average molecular weight is 217 g/mol. The van der Waals surface area contributed by atoms with Gasteiger partial charge in [0.15, 0.2) is 9.84 Å². The van der Waals surface area contributed by atoms with Crippen LogP contribution in [0.15, 0.2) is 0 Å². The third-order valence-corrected chi connectivity index (χ3v) is 5.07. The monoisotopic (exact) mass is 217 g/mol. The van der Waals surface area contributed by atoms with Crippen LogP contribution < -0.4 is 0 Å². The lowest BCUT2D eigenvalue weighted by atomic mass is 10.0. The van der Waals surface area contributed by atoms with Crippen molar-refractivity contribution < 1.29 is 8.42 Å². The molecule has 2 unspecified atom stereocenters. The van der Waals surface area contributed by atoms with Gasteiger partial charge in [0, 0.05) is 17.6 Å². The molecule has 2 bridgehead atoms. The lowest BCUT2D eigenvalue weighted by molar-refractivity contribution is 0.0877. The second-order valence-corrected chi connectivity index (χ2v) is 7.69. The van der Waals surface area contributed by atoms with Crippen LogP contribution in [-0.2, 0) is 9.84 Å². The van der Waals surface area contributed by atoms with Crippen LogP contribution in [0.1, 0.15) is 33.6 Å². The second-order valence-electron chi connectivity index (χ2n) is 5.54. The first-order valence-corrected chi connectivity index (χ1v) is 7.11. The van der Waals surface area contributed by atoms with Crippen molar-refractivity contribution in [3.8, 4) is 0 Å². The van der Waals surface area contributed by atoms with Gasteiger partial charge in [-0.1, -0.05) is 0 Å². The first kappa shape index (κ1) is 10.4. The van der Waals surface area contributed by atoms with Gasteiger partial charge in [0.2, 0.25) is 0 Å². The molecule has 0 spiro atoms. The molecule has 3 nitrogen and oxygen atoms in total. The molecular weight excluding hydrogens is 198 g/mol. The van der Waals surface area contributed by atoms with Crippen LogP contribution in [0, 0.1) is 0 Å². The molecule has 0 saturated carbocycles. The highest BCUT2D eigenvalue weighted by atomic mass is 32.2. The molecule has 14 heavy (non-hydrogen) atoms. The molecule has 0 radical (unpaired) electrons. The Kier molecular flexibility index (Phi) is 2.20. The molecule has 0 aliphatic carbocycles. The third-order valence-electron chi connectivity index (χ3n) is 3.29. The fourth-order valence-electron chi connectivity index (χ4n) is 3.04. The maximum atomic E-state index is 11.6. The van der Waals surface area contributed by atoms with Gasteiger partial charge >= 0.3 is 0 Å². The Hall–Kier alpha value is -0.0900. The topological polar surface area (TPSA) is 37.4 Å². The summed E-state index contributed by atoms with van der Waals surface area (Å²) in [5.74, 6) is 0.752. The van der Waals surface area contributed by atoms with Gasteiger partial charge in [0.25, 0.3) is 0 Å². The van der Waals surface area contributed by atoms with Crippen molar-refractivity contribution in [3.05, 3.63) is 0 Å². The van der Waals surface area contributed by atoms with Gasteiger partial charge in [-0.3, -0.25) is 4.90 Å². The fourth-order valence-corrected chi connectivity index (χ4v) is 5.00. The summed E-state index contributed by atoms with van der Waals surface area (Å²) in [6.45, 7) is 6.53. The van der Waals surface area contributed by atoms with Gasteiger partial charge in [-0.2, -0.15) is 0 Å². The van der Waals surface area contributed by atoms with E-state index in [1.54, 1.807) is 0 Å². The van der Waals surface area contributed by atoms with Crippen molar-refractivity contribution >= 4 is 9.84 Å². The minimum Gasteiger partial charge on any atom is -0.291 e. The zero-order valence-corrected chi connectivity index (χ0v) is 9.97. The maximum absolute atomic E-state index is 11.6. The number of sulfone groups is 1. The van der Waals surface area contributed by atoms with Crippen LogP contribution in [0.4, 0.5) is 0 Å². The van der Waals surface area contributed by atoms with Crippen LogP contribution in [-0.4, -0.2) is 42.4 Å². The zero-order valence-electron chi connectivity index (χ0n) is 9.16. The summed E-state index contributed by atoms with van der Waals surface area (Å²) in [5.41, 5.74) is 0.113. The molecule has 2 atom stereocenters. The Labute approximate surface area is 86.4 Å². The standard InChI is InChI=1S/C10H19NO2S/c1-10(2,3)11-8-4-5-9(11)7-14(12,13)6-8/h8-9H,4-7H2,1-3H3. The highest BCUT2D eigenvalue weighted by molar-refractivity contribution is 7.91. The summed E-state index contributed by atoms with van der Waals surface area (Å²) in [4.78, 5) is 2.41. The quantitative estimate of drug-likeness (QED) is 0.608. The SMILES string of the molecule is CC(C)(C)N1C2CCC1CS(=O)(=O)C2. The maximum Gasteiger partial charge on any atom is 0.153 e. The van der Waals surface area contributed by atoms with E-state index in [2.05, 4.69) is 25.7 Å². The van der Waals surface area contributed by atoms with Crippen molar-refractivity contribution in [3.63, 3.8) is 0 Å². The molecule has 2 fully saturated rings. The molecular formula is C10H19NO2S. The van der Waals surface area contributed by atoms with Gasteiger partial charge in [-0.15, -0.1) is 0 Å². The lowest BCUT2D eigenvalue weighted by Gasteiger charge is -2.43. The number of fused-ring (bicyclic) bond motifs is 2. The predicted octanol–water partition coefficient (Wildman–Crippen LogP) is 1.05. The van der Waals surface area contributed by atoms with Gasteiger partial charge in [-0.25, -0.2) is 8.42 Å². The van der Waals surface area contributed by atoms with E-state index in [0.29, 0.717) is 11.5 Å². The molecule has 2 saturated heterocycles. The average Bonchev–Trinajstić information content (AvgIpc) is 2.22.